The molecule has 0 heterocycles. The van der Waals surface area contributed by atoms with Gasteiger partial charge in [-0.25, -0.2) is 4.39 Å². The third-order valence-electron chi connectivity index (χ3n) is 2.82. The lowest BCUT2D eigenvalue weighted by Gasteiger charge is -2.15. The molecule has 0 aliphatic heterocycles. The van der Waals surface area contributed by atoms with Gasteiger partial charge in [-0.2, -0.15) is 13.2 Å². The molecule has 2 rings (SSSR count). The van der Waals surface area contributed by atoms with Crippen LogP contribution in [0.2, 0.25) is 0 Å². The molecule has 0 fully saturated rings. The molecule has 0 aliphatic rings. The molecule has 0 saturated heterocycles. The van der Waals surface area contributed by atoms with Crippen molar-refractivity contribution in [2.24, 2.45) is 0 Å². The highest BCUT2D eigenvalue weighted by molar-refractivity contribution is 5.39. The first kappa shape index (κ1) is 15.3. The molecule has 0 radical (unpaired) electrons. The third-order valence-corrected chi connectivity index (χ3v) is 2.82. The molecule has 0 unspecified atom stereocenters. The highest BCUT2D eigenvalue weighted by Crippen LogP contribution is 2.37. The molecule has 0 bridgehead atoms. The van der Waals surface area contributed by atoms with Crippen LogP contribution >= 0.6 is 0 Å². The molecule has 0 aromatic heterocycles. The van der Waals surface area contributed by atoms with Crippen molar-refractivity contribution >= 4 is 0 Å². The normalized spacial score (nSPS) is 11.5. The van der Waals surface area contributed by atoms with Gasteiger partial charge in [-0.15, -0.1) is 0 Å². The minimum atomic E-state index is -4.59. The Labute approximate surface area is 118 Å². The molecule has 0 aliphatic carbocycles. The summed E-state index contributed by atoms with van der Waals surface area (Å²) in [7, 11) is 0. The first-order chi connectivity index (χ1) is 9.90. The second kappa shape index (κ2) is 6.13. The molecule has 1 N–H and O–H groups in total. The van der Waals surface area contributed by atoms with E-state index in [0.717, 1.165) is 12.1 Å². The number of aliphatic hydroxyl groups is 1. The van der Waals surface area contributed by atoms with Crippen LogP contribution in [-0.2, 0) is 19.4 Å². The van der Waals surface area contributed by atoms with Crippen LogP contribution in [0.25, 0.3) is 0 Å². The van der Waals surface area contributed by atoms with Crippen LogP contribution in [0.4, 0.5) is 17.6 Å². The number of ether oxygens (including phenoxy) is 1. The van der Waals surface area contributed by atoms with Gasteiger partial charge in [0.15, 0.2) is 0 Å². The molecule has 2 aromatic rings. The lowest BCUT2D eigenvalue weighted by atomic mass is 10.1. The predicted molar refractivity (Wildman–Crippen MR) is 68.1 cm³/mol. The van der Waals surface area contributed by atoms with Gasteiger partial charge in [-0.1, -0.05) is 18.2 Å². The van der Waals surface area contributed by atoms with Crippen molar-refractivity contribution in [1.82, 2.24) is 0 Å². The molecular weight excluding hydrogens is 288 g/mol. The lowest BCUT2D eigenvalue weighted by molar-refractivity contribution is -0.139. The number of hydrogen-bond acceptors (Lipinski definition) is 2. The fraction of sp³-hybridized carbons (Fsp3) is 0.200. The van der Waals surface area contributed by atoms with Gasteiger partial charge in [0.25, 0.3) is 0 Å². The number of aliphatic hydroxyl groups excluding tert-OH is 1. The van der Waals surface area contributed by atoms with Gasteiger partial charge in [-0.3, -0.25) is 0 Å². The highest BCUT2D eigenvalue weighted by Gasteiger charge is 2.34. The zero-order valence-corrected chi connectivity index (χ0v) is 10.8. The van der Waals surface area contributed by atoms with Crippen LogP contribution in [-0.4, -0.2) is 5.11 Å². The summed E-state index contributed by atoms with van der Waals surface area (Å²) in [4.78, 5) is 0. The van der Waals surface area contributed by atoms with Crippen molar-refractivity contribution < 1.29 is 27.4 Å². The molecule has 0 atom stereocenters. The Bertz CT molecular complexity index is 623. The van der Waals surface area contributed by atoms with E-state index in [2.05, 4.69) is 0 Å². The van der Waals surface area contributed by atoms with Crippen LogP contribution in [0.1, 0.15) is 16.7 Å². The molecule has 112 valence electrons. The summed E-state index contributed by atoms with van der Waals surface area (Å²) in [5, 5.41) is 8.91. The summed E-state index contributed by atoms with van der Waals surface area (Å²) in [5.74, 6) is -0.841. The SMILES string of the molecule is OCc1ccc(OCc2cccc(F)c2)c(C(F)(F)F)c1. The van der Waals surface area contributed by atoms with E-state index in [4.69, 9.17) is 9.84 Å². The number of alkyl halides is 3. The van der Waals surface area contributed by atoms with Gasteiger partial charge in [0.2, 0.25) is 0 Å². The maximum atomic E-state index is 13.0. The van der Waals surface area contributed by atoms with E-state index in [1.54, 1.807) is 6.07 Å². The number of hydrogen-bond donors (Lipinski definition) is 1. The van der Waals surface area contributed by atoms with E-state index >= 15 is 0 Å². The number of rotatable bonds is 4. The van der Waals surface area contributed by atoms with Gasteiger partial charge in [0.1, 0.15) is 18.2 Å². The first-order valence-corrected chi connectivity index (χ1v) is 6.08. The summed E-state index contributed by atoms with van der Waals surface area (Å²) in [6.07, 6.45) is -4.59. The third kappa shape index (κ3) is 3.95. The van der Waals surface area contributed by atoms with E-state index < -0.39 is 24.2 Å². The molecule has 6 heteroatoms. The molecule has 0 saturated carbocycles. The monoisotopic (exact) mass is 300 g/mol. The Morgan fingerprint density at radius 1 is 1.00 bits per heavy atom. The smallest absolute Gasteiger partial charge is 0.419 e. The first-order valence-electron chi connectivity index (χ1n) is 6.08. The minimum Gasteiger partial charge on any atom is -0.488 e. The summed E-state index contributed by atoms with van der Waals surface area (Å²) in [6.45, 7) is -0.674. The summed E-state index contributed by atoms with van der Waals surface area (Å²) < 4.78 is 56.9. The molecule has 0 spiro atoms. The Hall–Kier alpha value is -2.08. The van der Waals surface area contributed by atoms with Crippen LogP contribution in [0.3, 0.4) is 0 Å². The predicted octanol–water partition coefficient (Wildman–Crippen LogP) is 3.92. The summed E-state index contributed by atoms with van der Waals surface area (Å²) in [5.41, 5.74) is -0.403. The Morgan fingerprint density at radius 2 is 1.76 bits per heavy atom. The number of benzene rings is 2. The van der Waals surface area contributed by atoms with Gasteiger partial charge in [0, 0.05) is 0 Å². The Morgan fingerprint density at radius 3 is 2.38 bits per heavy atom. The average molecular weight is 300 g/mol. The largest absolute Gasteiger partial charge is 0.488 e. The fourth-order valence-electron chi connectivity index (χ4n) is 1.81. The van der Waals surface area contributed by atoms with Crippen LogP contribution < -0.4 is 4.74 Å². The maximum absolute atomic E-state index is 13.0. The zero-order chi connectivity index (χ0) is 15.5. The van der Waals surface area contributed by atoms with Crippen molar-refractivity contribution in [3.63, 3.8) is 0 Å². The van der Waals surface area contributed by atoms with Crippen LogP contribution in [0.15, 0.2) is 42.5 Å². The molecule has 0 amide bonds. The topological polar surface area (TPSA) is 29.5 Å². The van der Waals surface area contributed by atoms with Crippen LogP contribution in [0.5, 0.6) is 5.75 Å². The maximum Gasteiger partial charge on any atom is 0.419 e. The van der Waals surface area contributed by atoms with Gasteiger partial charge < -0.3 is 9.84 Å². The molecule has 2 nitrogen and oxygen atoms in total. The minimum absolute atomic E-state index is 0.139. The second-order valence-electron chi connectivity index (χ2n) is 4.40. The van der Waals surface area contributed by atoms with E-state index in [1.807, 2.05) is 0 Å². The van der Waals surface area contributed by atoms with Gasteiger partial charge >= 0.3 is 6.18 Å². The quantitative estimate of drug-likeness (QED) is 0.867. The zero-order valence-electron chi connectivity index (χ0n) is 10.8. The van der Waals surface area contributed by atoms with Crippen molar-refractivity contribution in [2.75, 3.05) is 0 Å². The lowest BCUT2D eigenvalue weighted by Crippen LogP contribution is -2.09. The Balaban J connectivity index is 2.23. The van der Waals surface area contributed by atoms with Crippen LogP contribution in [0, 0.1) is 5.82 Å². The fourth-order valence-corrected chi connectivity index (χ4v) is 1.81. The molecule has 21 heavy (non-hydrogen) atoms. The van der Waals surface area contributed by atoms with E-state index in [0.29, 0.717) is 5.56 Å². The van der Waals surface area contributed by atoms with E-state index in [1.165, 1.54) is 24.3 Å². The van der Waals surface area contributed by atoms with E-state index in [9.17, 15) is 17.6 Å². The highest BCUT2D eigenvalue weighted by atomic mass is 19.4. The molecule has 2 aromatic carbocycles. The van der Waals surface area contributed by atoms with Gasteiger partial charge in [0.05, 0.1) is 12.2 Å². The standard InChI is InChI=1S/C15H12F4O2/c16-12-3-1-2-11(6-12)9-21-14-5-4-10(8-20)7-13(14)15(17,18)19/h1-7,20H,8-9H2. The summed E-state index contributed by atoms with van der Waals surface area (Å²) >= 11 is 0. The average Bonchev–Trinajstić information content (AvgIpc) is 2.44. The molecular formula is C15H12F4O2. The number of halogens is 4. The van der Waals surface area contributed by atoms with Crippen molar-refractivity contribution in [2.45, 2.75) is 19.4 Å². The van der Waals surface area contributed by atoms with Crippen molar-refractivity contribution in [1.29, 1.82) is 0 Å². The Kier molecular flexibility index (Phi) is 4.47. The van der Waals surface area contributed by atoms with Crippen molar-refractivity contribution in [3.05, 3.63) is 65.0 Å². The summed E-state index contributed by atoms with van der Waals surface area (Å²) in [6, 6.07) is 8.76. The van der Waals surface area contributed by atoms with Gasteiger partial charge in [-0.05, 0) is 35.4 Å². The van der Waals surface area contributed by atoms with E-state index in [-0.39, 0.29) is 17.9 Å². The second-order valence-corrected chi connectivity index (χ2v) is 4.40. The van der Waals surface area contributed by atoms with Crippen molar-refractivity contribution in [3.8, 4) is 5.75 Å².